The van der Waals surface area contributed by atoms with Gasteiger partial charge in [-0.05, 0) is 46.0 Å². The van der Waals surface area contributed by atoms with Crippen molar-refractivity contribution in [2.45, 2.75) is 76.9 Å². The van der Waals surface area contributed by atoms with E-state index in [1.165, 1.54) is 0 Å². The summed E-state index contributed by atoms with van der Waals surface area (Å²) in [6, 6.07) is 0.746. The summed E-state index contributed by atoms with van der Waals surface area (Å²) in [7, 11) is 1.79. The average Bonchev–Trinajstić information content (AvgIpc) is 3.07. The molecule has 2 heterocycles. The maximum atomic E-state index is 13.9. The molecule has 1 aliphatic carbocycles. The summed E-state index contributed by atoms with van der Waals surface area (Å²) < 4.78 is 25.0. The second-order valence-corrected chi connectivity index (χ2v) is 7.28. The number of rotatable bonds is 6. The van der Waals surface area contributed by atoms with Gasteiger partial charge in [-0.15, -0.1) is 0 Å². The van der Waals surface area contributed by atoms with Crippen LogP contribution in [0.25, 0.3) is 0 Å². The number of oxazole rings is 1. The predicted molar refractivity (Wildman–Crippen MR) is 90.7 cm³/mol. The van der Waals surface area contributed by atoms with E-state index in [-0.39, 0.29) is 6.04 Å². The molecule has 0 bridgehead atoms. The van der Waals surface area contributed by atoms with Crippen LogP contribution in [-0.2, 0) is 11.3 Å². The molecule has 5 nitrogen and oxygen atoms in total. The van der Waals surface area contributed by atoms with E-state index in [9.17, 15) is 4.39 Å². The van der Waals surface area contributed by atoms with Gasteiger partial charge in [0.15, 0.2) is 0 Å². The fraction of sp³-hybridized carbons (Fsp3) is 0.833. The lowest BCUT2D eigenvalue weighted by atomic mass is 9.93. The first-order valence-corrected chi connectivity index (χ1v) is 9.12. The molecule has 0 aromatic carbocycles. The van der Waals surface area contributed by atoms with Crippen molar-refractivity contribution < 1.29 is 13.5 Å². The number of halogens is 1. The highest BCUT2D eigenvalue weighted by atomic mass is 19.1. The van der Waals surface area contributed by atoms with Gasteiger partial charge in [0, 0.05) is 32.3 Å². The average molecular weight is 339 g/mol. The van der Waals surface area contributed by atoms with E-state index < -0.39 is 6.17 Å². The minimum Gasteiger partial charge on any atom is -0.444 e. The molecule has 2 aliphatic rings. The Morgan fingerprint density at radius 2 is 2.04 bits per heavy atom. The number of hydrogen-bond acceptors (Lipinski definition) is 5. The second kappa shape index (κ2) is 7.93. The van der Waals surface area contributed by atoms with E-state index in [0.717, 1.165) is 43.7 Å². The molecule has 2 atom stereocenters. The number of likely N-dealkylation sites (tertiary alicyclic amines) is 1. The lowest BCUT2D eigenvalue weighted by Gasteiger charge is -2.30. The number of ether oxygens (including phenoxy) is 1. The number of alkyl halides is 1. The first-order valence-electron chi connectivity index (χ1n) is 9.12. The zero-order valence-electron chi connectivity index (χ0n) is 15.1. The fourth-order valence-corrected chi connectivity index (χ4v) is 3.91. The minimum atomic E-state index is -0.752. The fourth-order valence-electron chi connectivity index (χ4n) is 3.91. The summed E-state index contributed by atoms with van der Waals surface area (Å²) in [5, 5.41) is 3.65. The summed E-state index contributed by atoms with van der Waals surface area (Å²) >= 11 is 0. The largest absolute Gasteiger partial charge is 0.444 e. The first-order chi connectivity index (χ1) is 11.5. The Kier molecular flexibility index (Phi) is 5.89. The topological polar surface area (TPSA) is 50.5 Å². The maximum Gasteiger partial charge on any atom is 0.208 e. The van der Waals surface area contributed by atoms with Crippen LogP contribution >= 0.6 is 0 Å². The molecule has 136 valence electrons. The van der Waals surface area contributed by atoms with Crippen molar-refractivity contribution in [3.63, 3.8) is 0 Å². The molecule has 1 saturated heterocycles. The van der Waals surface area contributed by atoms with Gasteiger partial charge in [0.2, 0.25) is 5.89 Å². The molecule has 0 radical (unpaired) electrons. The van der Waals surface area contributed by atoms with Crippen molar-refractivity contribution >= 4 is 0 Å². The zero-order valence-corrected chi connectivity index (χ0v) is 15.1. The van der Waals surface area contributed by atoms with Crippen LogP contribution in [0.3, 0.4) is 0 Å². The third kappa shape index (κ3) is 4.35. The van der Waals surface area contributed by atoms with Crippen LogP contribution in [0.15, 0.2) is 4.42 Å². The number of methoxy groups -OCH3 is 1. The van der Waals surface area contributed by atoms with E-state index in [2.05, 4.69) is 15.2 Å². The van der Waals surface area contributed by atoms with Gasteiger partial charge < -0.3 is 14.5 Å². The summed E-state index contributed by atoms with van der Waals surface area (Å²) in [5.41, 5.74) is 0.922. The van der Waals surface area contributed by atoms with Gasteiger partial charge in [-0.3, -0.25) is 4.90 Å². The molecule has 1 aromatic heterocycles. The molecule has 1 aliphatic heterocycles. The molecule has 0 amide bonds. The van der Waals surface area contributed by atoms with Gasteiger partial charge >= 0.3 is 0 Å². The van der Waals surface area contributed by atoms with Gasteiger partial charge in [0.25, 0.3) is 0 Å². The van der Waals surface area contributed by atoms with Crippen LogP contribution in [0.4, 0.5) is 4.39 Å². The van der Waals surface area contributed by atoms with Crippen molar-refractivity contribution in [3.05, 3.63) is 17.3 Å². The molecule has 0 spiro atoms. The Balaban J connectivity index is 1.50. The Labute approximate surface area is 143 Å². The second-order valence-electron chi connectivity index (χ2n) is 7.28. The molecular weight excluding hydrogens is 309 g/mol. The van der Waals surface area contributed by atoms with Gasteiger partial charge in [0.1, 0.15) is 11.9 Å². The van der Waals surface area contributed by atoms with E-state index >= 15 is 0 Å². The Morgan fingerprint density at radius 3 is 2.67 bits per heavy atom. The molecule has 1 aromatic rings. The lowest BCUT2D eigenvalue weighted by Crippen LogP contribution is -2.43. The summed E-state index contributed by atoms with van der Waals surface area (Å²) in [4.78, 5) is 6.61. The number of aryl methyl sites for hydroxylation is 2. The Hall–Kier alpha value is -0.980. The van der Waals surface area contributed by atoms with E-state index in [0.29, 0.717) is 37.5 Å². The van der Waals surface area contributed by atoms with Gasteiger partial charge in [0.05, 0.1) is 18.3 Å². The van der Waals surface area contributed by atoms with Crippen LogP contribution in [0.1, 0.15) is 49.4 Å². The Bertz CT molecular complexity index is 509. The normalized spacial score (nSPS) is 31.7. The van der Waals surface area contributed by atoms with Gasteiger partial charge in [-0.1, -0.05) is 0 Å². The van der Waals surface area contributed by atoms with E-state index in [4.69, 9.17) is 9.15 Å². The quantitative estimate of drug-likeness (QED) is 0.864. The third-order valence-corrected chi connectivity index (χ3v) is 5.54. The molecule has 3 rings (SSSR count). The van der Waals surface area contributed by atoms with Crippen molar-refractivity contribution in [3.8, 4) is 0 Å². The van der Waals surface area contributed by atoms with Crippen molar-refractivity contribution in [1.82, 2.24) is 15.2 Å². The highest BCUT2D eigenvalue weighted by Gasteiger charge is 2.33. The molecule has 0 unspecified atom stereocenters. The first kappa shape index (κ1) is 17.8. The van der Waals surface area contributed by atoms with Crippen molar-refractivity contribution in [2.75, 3.05) is 20.2 Å². The number of nitrogens with one attached hydrogen (secondary N) is 1. The summed E-state index contributed by atoms with van der Waals surface area (Å²) in [6.07, 6.45) is 4.77. The monoisotopic (exact) mass is 339 g/mol. The zero-order chi connectivity index (χ0) is 17.1. The van der Waals surface area contributed by atoms with E-state index in [1.54, 1.807) is 7.11 Å². The van der Waals surface area contributed by atoms with Crippen molar-refractivity contribution in [1.29, 1.82) is 0 Å². The molecular formula is C18H30FN3O2. The van der Waals surface area contributed by atoms with Crippen molar-refractivity contribution in [2.24, 2.45) is 0 Å². The minimum absolute atomic E-state index is 0.215. The van der Waals surface area contributed by atoms with Gasteiger partial charge in [-0.25, -0.2) is 9.37 Å². The number of nitrogens with zero attached hydrogens (tertiary/aromatic N) is 2. The van der Waals surface area contributed by atoms with Crippen LogP contribution in [-0.4, -0.2) is 54.4 Å². The number of aromatic nitrogens is 1. The smallest absolute Gasteiger partial charge is 0.208 e. The molecule has 6 heteroatoms. The SMILES string of the molecule is COC1CCC(NC[C@@H]2C[C@H](F)CN2Cc2nc(C)c(C)o2)CC1. The van der Waals surface area contributed by atoms with Crippen LogP contribution in [0.5, 0.6) is 0 Å². The third-order valence-electron chi connectivity index (χ3n) is 5.54. The summed E-state index contributed by atoms with van der Waals surface area (Å²) in [5.74, 6) is 1.55. The predicted octanol–water partition coefficient (Wildman–Crippen LogP) is 2.75. The molecule has 1 saturated carbocycles. The maximum absolute atomic E-state index is 13.9. The van der Waals surface area contributed by atoms with E-state index in [1.807, 2.05) is 13.8 Å². The van der Waals surface area contributed by atoms with Crippen LogP contribution in [0, 0.1) is 13.8 Å². The highest BCUT2D eigenvalue weighted by molar-refractivity contribution is 5.05. The van der Waals surface area contributed by atoms with Gasteiger partial charge in [-0.2, -0.15) is 0 Å². The number of hydrogen-bond donors (Lipinski definition) is 1. The Morgan fingerprint density at radius 1 is 1.29 bits per heavy atom. The van der Waals surface area contributed by atoms with Crippen LogP contribution < -0.4 is 5.32 Å². The molecule has 2 fully saturated rings. The molecule has 24 heavy (non-hydrogen) atoms. The summed E-state index contributed by atoms with van der Waals surface area (Å²) in [6.45, 7) is 5.77. The highest BCUT2D eigenvalue weighted by Crippen LogP contribution is 2.25. The van der Waals surface area contributed by atoms with Crippen LogP contribution in [0.2, 0.25) is 0 Å². The molecule has 1 N–H and O–H groups in total. The lowest BCUT2D eigenvalue weighted by molar-refractivity contribution is 0.0616. The standard InChI is InChI=1S/C18H30FN3O2/c1-12-13(2)24-18(21-12)11-22-10-14(19)8-16(22)9-20-15-4-6-17(23-3)7-5-15/h14-17,20H,4-11H2,1-3H3/t14-,15?,16-,17?/m0/s1.